The number of hydrogen-bond acceptors (Lipinski definition) is 2. The number of rotatable bonds is 4. The fourth-order valence-corrected chi connectivity index (χ4v) is 3.51. The Bertz CT molecular complexity index is 626. The van der Waals surface area contributed by atoms with E-state index in [4.69, 9.17) is 4.74 Å². The number of fused-ring (bicyclic) bond motifs is 1. The van der Waals surface area contributed by atoms with Gasteiger partial charge in [-0.3, -0.25) is 0 Å². The van der Waals surface area contributed by atoms with Crippen LogP contribution < -0.4 is 10.1 Å². The lowest BCUT2D eigenvalue weighted by atomic mass is 9.93. The maximum atomic E-state index is 5.99. The van der Waals surface area contributed by atoms with Crippen molar-refractivity contribution in [2.75, 3.05) is 13.2 Å². The summed E-state index contributed by atoms with van der Waals surface area (Å²) in [6.45, 7) is 3.91. The molecule has 0 amide bonds. The molecule has 1 aliphatic rings. The minimum atomic E-state index is 0.192. The number of nitrogens with one attached hydrogen (secondary N) is 1. The van der Waals surface area contributed by atoms with Crippen LogP contribution in [0.2, 0.25) is 0 Å². The largest absolute Gasteiger partial charge is 0.493 e. The highest BCUT2D eigenvalue weighted by molar-refractivity contribution is 14.1. The second-order valence-electron chi connectivity index (χ2n) is 5.33. The third-order valence-electron chi connectivity index (χ3n) is 3.87. The second-order valence-corrected chi connectivity index (χ2v) is 6.58. The van der Waals surface area contributed by atoms with E-state index in [2.05, 4.69) is 77.3 Å². The molecule has 0 radical (unpaired) electrons. The predicted molar refractivity (Wildman–Crippen MR) is 94.9 cm³/mol. The molecule has 0 bridgehead atoms. The minimum Gasteiger partial charge on any atom is -0.493 e. The molecule has 0 spiro atoms. The Balaban J connectivity index is 2.05. The first-order valence-electron chi connectivity index (χ1n) is 7.53. The molecule has 1 N–H and O–H groups in total. The summed E-state index contributed by atoms with van der Waals surface area (Å²) in [5.41, 5.74) is 3.90. The molecule has 3 rings (SSSR count). The van der Waals surface area contributed by atoms with Gasteiger partial charge in [-0.2, -0.15) is 0 Å². The molecule has 0 fully saturated rings. The monoisotopic (exact) mass is 393 g/mol. The molecule has 0 saturated carbocycles. The fraction of sp³-hybridized carbons (Fsp3) is 0.333. The van der Waals surface area contributed by atoms with Crippen molar-refractivity contribution < 1.29 is 4.74 Å². The van der Waals surface area contributed by atoms with Gasteiger partial charge in [0, 0.05) is 9.13 Å². The predicted octanol–water partition coefficient (Wildman–Crippen LogP) is 4.32. The average Bonchev–Trinajstić information content (AvgIpc) is 2.52. The molecule has 110 valence electrons. The fourth-order valence-electron chi connectivity index (χ4n) is 2.94. The molecule has 0 aromatic heterocycles. The first-order valence-corrected chi connectivity index (χ1v) is 8.61. The standard InChI is InChI=1S/C18H20INO/c1-2-20-17(14-7-3-9-15(19)12-14)16-10-4-6-13-8-5-11-21-18(13)16/h3-4,6-7,9-10,12,17,20H,2,5,8,11H2,1H3. The summed E-state index contributed by atoms with van der Waals surface area (Å²) in [5, 5.41) is 3.61. The van der Waals surface area contributed by atoms with Crippen LogP contribution in [0.1, 0.15) is 36.1 Å². The molecule has 1 heterocycles. The maximum Gasteiger partial charge on any atom is 0.127 e. The van der Waals surface area contributed by atoms with Gasteiger partial charge >= 0.3 is 0 Å². The van der Waals surface area contributed by atoms with Crippen molar-refractivity contribution in [1.29, 1.82) is 0 Å². The van der Waals surface area contributed by atoms with Crippen molar-refractivity contribution in [3.05, 3.63) is 62.7 Å². The van der Waals surface area contributed by atoms with E-state index in [0.717, 1.165) is 31.7 Å². The van der Waals surface area contributed by atoms with Gasteiger partial charge in [0.25, 0.3) is 0 Å². The molecule has 2 nitrogen and oxygen atoms in total. The number of para-hydroxylation sites is 1. The van der Waals surface area contributed by atoms with Crippen LogP contribution in [0.3, 0.4) is 0 Å². The van der Waals surface area contributed by atoms with Gasteiger partial charge in [-0.05, 0) is 65.2 Å². The summed E-state index contributed by atoms with van der Waals surface area (Å²) >= 11 is 2.37. The highest BCUT2D eigenvalue weighted by Crippen LogP contribution is 2.35. The molecule has 0 saturated heterocycles. The van der Waals surface area contributed by atoms with Crippen LogP contribution in [0.15, 0.2) is 42.5 Å². The van der Waals surface area contributed by atoms with Gasteiger partial charge in [0.1, 0.15) is 5.75 Å². The second kappa shape index (κ2) is 6.79. The van der Waals surface area contributed by atoms with E-state index in [9.17, 15) is 0 Å². The van der Waals surface area contributed by atoms with Gasteiger partial charge in [0.15, 0.2) is 0 Å². The van der Waals surface area contributed by atoms with Crippen LogP contribution in [0.4, 0.5) is 0 Å². The van der Waals surface area contributed by atoms with E-state index >= 15 is 0 Å². The highest BCUT2D eigenvalue weighted by atomic mass is 127. The van der Waals surface area contributed by atoms with Crippen LogP contribution >= 0.6 is 22.6 Å². The summed E-state index contributed by atoms with van der Waals surface area (Å²) in [6, 6.07) is 15.4. The summed E-state index contributed by atoms with van der Waals surface area (Å²) < 4.78 is 7.25. The van der Waals surface area contributed by atoms with E-state index in [0.29, 0.717) is 0 Å². The topological polar surface area (TPSA) is 21.3 Å². The third-order valence-corrected chi connectivity index (χ3v) is 4.54. The average molecular weight is 393 g/mol. The van der Waals surface area contributed by atoms with Gasteiger partial charge in [0.2, 0.25) is 0 Å². The number of hydrogen-bond donors (Lipinski definition) is 1. The Morgan fingerprint density at radius 1 is 1.24 bits per heavy atom. The Morgan fingerprint density at radius 3 is 2.90 bits per heavy atom. The van der Waals surface area contributed by atoms with Crippen molar-refractivity contribution in [2.45, 2.75) is 25.8 Å². The number of ether oxygens (including phenoxy) is 1. The lowest BCUT2D eigenvalue weighted by Crippen LogP contribution is -2.24. The number of halogens is 1. The molecule has 3 heteroatoms. The van der Waals surface area contributed by atoms with Crippen molar-refractivity contribution in [1.82, 2.24) is 5.32 Å². The van der Waals surface area contributed by atoms with E-state index in [-0.39, 0.29) is 6.04 Å². The molecule has 1 unspecified atom stereocenters. The van der Waals surface area contributed by atoms with Crippen molar-refractivity contribution in [3.8, 4) is 5.75 Å². The zero-order valence-electron chi connectivity index (χ0n) is 12.2. The Morgan fingerprint density at radius 2 is 2.10 bits per heavy atom. The maximum absolute atomic E-state index is 5.99. The van der Waals surface area contributed by atoms with E-state index in [1.807, 2.05) is 0 Å². The van der Waals surface area contributed by atoms with Crippen LogP contribution in [0.5, 0.6) is 5.75 Å². The lowest BCUT2D eigenvalue weighted by Gasteiger charge is -2.26. The van der Waals surface area contributed by atoms with Crippen molar-refractivity contribution in [2.24, 2.45) is 0 Å². The summed E-state index contributed by atoms with van der Waals surface area (Å²) in [7, 11) is 0. The Labute approximate surface area is 140 Å². The normalized spacial score (nSPS) is 15.1. The first kappa shape index (κ1) is 14.9. The van der Waals surface area contributed by atoms with E-state index < -0.39 is 0 Å². The minimum absolute atomic E-state index is 0.192. The smallest absolute Gasteiger partial charge is 0.127 e. The van der Waals surface area contributed by atoms with Crippen molar-refractivity contribution >= 4 is 22.6 Å². The summed E-state index contributed by atoms with van der Waals surface area (Å²) in [5.74, 6) is 1.09. The molecule has 1 atom stereocenters. The summed E-state index contributed by atoms with van der Waals surface area (Å²) in [4.78, 5) is 0. The third kappa shape index (κ3) is 3.24. The van der Waals surface area contributed by atoms with Gasteiger partial charge in [-0.1, -0.05) is 37.3 Å². The quantitative estimate of drug-likeness (QED) is 0.782. The molecule has 0 aliphatic carbocycles. The van der Waals surface area contributed by atoms with Crippen LogP contribution in [-0.4, -0.2) is 13.2 Å². The first-order chi connectivity index (χ1) is 10.3. The van der Waals surface area contributed by atoms with E-state index in [1.54, 1.807) is 0 Å². The van der Waals surface area contributed by atoms with Gasteiger partial charge in [-0.15, -0.1) is 0 Å². The molecule has 2 aromatic carbocycles. The SMILES string of the molecule is CCNC(c1cccc(I)c1)c1cccc2c1OCCC2. The van der Waals surface area contributed by atoms with Crippen molar-refractivity contribution in [3.63, 3.8) is 0 Å². The number of aryl methyl sites for hydroxylation is 1. The lowest BCUT2D eigenvalue weighted by molar-refractivity contribution is 0.283. The molecule has 21 heavy (non-hydrogen) atoms. The Hall–Kier alpha value is -1.07. The van der Waals surface area contributed by atoms with E-state index in [1.165, 1.54) is 20.3 Å². The summed E-state index contributed by atoms with van der Waals surface area (Å²) in [6.07, 6.45) is 2.24. The van der Waals surface area contributed by atoms with Gasteiger partial charge < -0.3 is 10.1 Å². The van der Waals surface area contributed by atoms with Crippen LogP contribution in [0, 0.1) is 3.57 Å². The molecule has 1 aliphatic heterocycles. The van der Waals surface area contributed by atoms with Crippen LogP contribution in [0.25, 0.3) is 0 Å². The molecular formula is C18H20INO. The van der Waals surface area contributed by atoms with Crippen LogP contribution in [-0.2, 0) is 6.42 Å². The molecular weight excluding hydrogens is 373 g/mol. The zero-order valence-corrected chi connectivity index (χ0v) is 14.4. The highest BCUT2D eigenvalue weighted by Gasteiger charge is 2.21. The zero-order chi connectivity index (χ0) is 14.7. The van der Waals surface area contributed by atoms with Gasteiger partial charge in [0.05, 0.1) is 12.6 Å². The number of benzene rings is 2. The Kier molecular flexibility index (Phi) is 4.80. The molecule has 2 aromatic rings. The van der Waals surface area contributed by atoms with Gasteiger partial charge in [-0.25, -0.2) is 0 Å².